The van der Waals surface area contributed by atoms with Crippen molar-refractivity contribution in [2.24, 2.45) is 0 Å². The van der Waals surface area contributed by atoms with Crippen molar-refractivity contribution in [3.63, 3.8) is 0 Å². The highest BCUT2D eigenvalue weighted by Gasteiger charge is 2.32. The molecule has 1 aromatic rings. The Morgan fingerprint density at radius 1 is 1.21 bits per heavy atom. The van der Waals surface area contributed by atoms with Gasteiger partial charge in [0, 0.05) is 13.1 Å². The molecule has 0 unspecified atom stereocenters. The first-order valence-corrected chi connectivity index (χ1v) is 6.99. The Morgan fingerprint density at radius 2 is 1.84 bits per heavy atom. The second-order valence-electron chi connectivity index (χ2n) is 3.98. The van der Waals surface area contributed by atoms with Gasteiger partial charge in [0.05, 0.1) is 10.5 Å². The monoisotopic (exact) mass is 296 g/mol. The van der Waals surface area contributed by atoms with Gasteiger partial charge in [0.1, 0.15) is 0 Å². The van der Waals surface area contributed by atoms with E-state index in [0.717, 1.165) is 12.1 Å². The lowest BCUT2D eigenvalue weighted by molar-refractivity contribution is -0.137. The number of hydrogen-bond donors (Lipinski definition) is 2. The van der Waals surface area contributed by atoms with Gasteiger partial charge in [-0.25, -0.2) is 13.1 Å². The van der Waals surface area contributed by atoms with Crippen molar-refractivity contribution < 1.29 is 21.6 Å². The van der Waals surface area contributed by atoms with Crippen LogP contribution in [-0.4, -0.2) is 28.6 Å². The Morgan fingerprint density at radius 3 is 2.37 bits per heavy atom. The van der Waals surface area contributed by atoms with E-state index < -0.39 is 21.8 Å². The van der Waals surface area contributed by atoms with Crippen molar-refractivity contribution in [3.05, 3.63) is 29.3 Å². The van der Waals surface area contributed by atoms with Crippen LogP contribution in [0.4, 0.5) is 13.2 Å². The molecule has 4 nitrogen and oxygen atoms in total. The number of aryl methyl sites for hydroxylation is 1. The fraction of sp³-hybridized carbons (Fsp3) is 0.455. The molecule has 0 saturated heterocycles. The van der Waals surface area contributed by atoms with Crippen LogP contribution in [0.3, 0.4) is 0 Å². The zero-order chi connectivity index (χ0) is 14.7. The predicted octanol–water partition coefficient (Wildman–Crippen LogP) is 1.51. The molecule has 0 aromatic heterocycles. The van der Waals surface area contributed by atoms with Crippen LogP contribution in [0, 0.1) is 6.92 Å². The summed E-state index contributed by atoms with van der Waals surface area (Å²) in [4.78, 5) is -0.349. The third kappa shape index (κ3) is 4.19. The SMILES string of the molecule is CNCCNS(=O)(=O)c1cc(C(F)(F)F)ccc1C. The zero-order valence-electron chi connectivity index (χ0n) is 10.5. The molecule has 0 aliphatic heterocycles. The fourth-order valence-electron chi connectivity index (χ4n) is 1.45. The summed E-state index contributed by atoms with van der Waals surface area (Å²) in [5.74, 6) is 0. The molecule has 0 amide bonds. The van der Waals surface area contributed by atoms with Gasteiger partial charge in [-0.2, -0.15) is 13.2 Å². The second-order valence-corrected chi connectivity index (χ2v) is 5.71. The van der Waals surface area contributed by atoms with Crippen LogP contribution >= 0.6 is 0 Å². The Labute approximate surface area is 110 Å². The molecule has 0 bridgehead atoms. The Kier molecular flexibility index (Phi) is 4.94. The molecule has 0 atom stereocenters. The second kappa shape index (κ2) is 5.89. The van der Waals surface area contributed by atoms with Crippen LogP contribution in [-0.2, 0) is 16.2 Å². The van der Waals surface area contributed by atoms with Crippen molar-refractivity contribution in [2.75, 3.05) is 20.1 Å². The van der Waals surface area contributed by atoms with E-state index in [1.54, 1.807) is 7.05 Å². The minimum Gasteiger partial charge on any atom is -0.318 e. The van der Waals surface area contributed by atoms with Crippen LogP contribution in [0.25, 0.3) is 0 Å². The van der Waals surface area contributed by atoms with Gasteiger partial charge in [-0.05, 0) is 31.7 Å². The summed E-state index contributed by atoms with van der Waals surface area (Å²) in [7, 11) is -2.29. The van der Waals surface area contributed by atoms with Gasteiger partial charge >= 0.3 is 6.18 Å². The minimum atomic E-state index is -4.57. The first kappa shape index (κ1) is 15.9. The molecule has 0 saturated carbocycles. The third-order valence-electron chi connectivity index (χ3n) is 2.47. The maximum absolute atomic E-state index is 12.6. The van der Waals surface area contributed by atoms with Gasteiger partial charge in [-0.1, -0.05) is 6.07 Å². The molecule has 0 aliphatic rings. The summed E-state index contributed by atoms with van der Waals surface area (Å²) in [6.45, 7) is 1.94. The molecule has 19 heavy (non-hydrogen) atoms. The Hall–Kier alpha value is -1.12. The van der Waals surface area contributed by atoms with Gasteiger partial charge in [0.25, 0.3) is 0 Å². The normalized spacial score (nSPS) is 12.7. The number of benzene rings is 1. The van der Waals surface area contributed by atoms with E-state index in [2.05, 4.69) is 10.0 Å². The lowest BCUT2D eigenvalue weighted by Gasteiger charge is -2.12. The minimum absolute atomic E-state index is 0.106. The highest BCUT2D eigenvalue weighted by molar-refractivity contribution is 7.89. The molecule has 1 aromatic carbocycles. The fourth-order valence-corrected chi connectivity index (χ4v) is 2.75. The first-order valence-electron chi connectivity index (χ1n) is 5.50. The predicted molar refractivity (Wildman–Crippen MR) is 65.3 cm³/mol. The standard InChI is InChI=1S/C11H15F3N2O2S/c1-8-3-4-9(11(12,13)14)7-10(8)19(17,18)16-6-5-15-2/h3-4,7,15-16H,5-6H2,1-2H3. The number of nitrogens with one attached hydrogen (secondary N) is 2. The van der Waals surface area contributed by atoms with Crippen LogP contribution < -0.4 is 10.0 Å². The largest absolute Gasteiger partial charge is 0.416 e. The van der Waals surface area contributed by atoms with E-state index in [1.165, 1.54) is 6.92 Å². The number of alkyl halides is 3. The van der Waals surface area contributed by atoms with E-state index in [4.69, 9.17) is 0 Å². The summed E-state index contributed by atoms with van der Waals surface area (Å²) in [6.07, 6.45) is -4.57. The molecule has 0 heterocycles. The molecule has 0 fully saturated rings. The van der Waals surface area contributed by atoms with E-state index in [1.807, 2.05) is 0 Å². The summed E-state index contributed by atoms with van der Waals surface area (Å²) in [6, 6.07) is 2.66. The van der Waals surface area contributed by atoms with Crippen molar-refractivity contribution in [3.8, 4) is 0 Å². The molecular weight excluding hydrogens is 281 g/mol. The lowest BCUT2D eigenvalue weighted by atomic mass is 10.1. The number of sulfonamides is 1. The van der Waals surface area contributed by atoms with Crippen molar-refractivity contribution in [1.29, 1.82) is 0 Å². The van der Waals surface area contributed by atoms with Crippen LogP contribution in [0.1, 0.15) is 11.1 Å². The maximum Gasteiger partial charge on any atom is 0.416 e. The quantitative estimate of drug-likeness (QED) is 0.810. The number of likely N-dealkylation sites (N-methyl/N-ethyl adjacent to an activating group) is 1. The van der Waals surface area contributed by atoms with Gasteiger partial charge in [0.2, 0.25) is 10.0 Å². The van der Waals surface area contributed by atoms with Crippen molar-refractivity contribution in [1.82, 2.24) is 10.0 Å². The smallest absolute Gasteiger partial charge is 0.318 e. The maximum atomic E-state index is 12.6. The third-order valence-corrected chi connectivity index (χ3v) is 4.08. The highest BCUT2D eigenvalue weighted by Crippen LogP contribution is 2.31. The van der Waals surface area contributed by atoms with Gasteiger partial charge in [-0.3, -0.25) is 0 Å². The van der Waals surface area contributed by atoms with Crippen LogP contribution in [0.2, 0.25) is 0 Å². The highest BCUT2D eigenvalue weighted by atomic mass is 32.2. The molecule has 2 N–H and O–H groups in total. The first-order chi connectivity index (χ1) is 8.68. The Bertz CT molecular complexity index is 541. The number of rotatable bonds is 5. The average molecular weight is 296 g/mol. The summed E-state index contributed by atoms with van der Waals surface area (Å²) >= 11 is 0. The molecule has 0 radical (unpaired) electrons. The number of halogens is 3. The Balaban J connectivity index is 3.12. The topological polar surface area (TPSA) is 58.2 Å². The molecule has 0 spiro atoms. The van der Waals surface area contributed by atoms with Crippen molar-refractivity contribution >= 4 is 10.0 Å². The molecule has 0 aliphatic carbocycles. The van der Waals surface area contributed by atoms with E-state index >= 15 is 0 Å². The van der Waals surface area contributed by atoms with E-state index in [0.29, 0.717) is 12.6 Å². The molecule has 8 heteroatoms. The molecule has 1 rings (SSSR count). The van der Waals surface area contributed by atoms with E-state index in [-0.39, 0.29) is 17.0 Å². The van der Waals surface area contributed by atoms with Crippen LogP contribution in [0.15, 0.2) is 23.1 Å². The van der Waals surface area contributed by atoms with Gasteiger partial charge in [-0.15, -0.1) is 0 Å². The summed E-state index contributed by atoms with van der Waals surface area (Å²) in [5, 5.41) is 2.74. The molecular formula is C11H15F3N2O2S. The zero-order valence-corrected chi connectivity index (χ0v) is 11.3. The average Bonchev–Trinajstić information content (AvgIpc) is 2.27. The summed E-state index contributed by atoms with van der Waals surface area (Å²) in [5.41, 5.74) is -0.711. The van der Waals surface area contributed by atoms with Crippen molar-refractivity contribution in [2.45, 2.75) is 18.0 Å². The number of hydrogen-bond acceptors (Lipinski definition) is 3. The van der Waals surface area contributed by atoms with Crippen LogP contribution in [0.5, 0.6) is 0 Å². The molecule has 108 valence electrons. The summed E-state index contributed by atoms with van der Waals surface area (Å²) < 4.78 is 63.7. The lowest BCUT2D eigenvalue weighted by Crippen LogP contribution is -2.31. The van der Waals surface area contributed by atoms with Gasteiger partial charge in [0.15, 0.2) is 0 Å². The van der Waals surface area contributed by atoms with Gasteiger partial charge < -0.3 is 5.32 Å². The van der Waals surface area contributed by atoms with E-state index in [9.17, 15) is 21.6 Å².